The molecule has 0 saturated carbocycles. The van der Waals surface area contributed by atoms with Crippen LogP contribution in [0.5, 0.6) is 0 Å². The third kappa shape index (κ3) is 10.8. The van der Waals surface area contributed by atoms with Crippen molar-refractivity contribution in [1.29, 1.82) is 0 Å². The van der Waals surface area contributed by atoms with Crippen LogP contribution in [0.15, 0.2) is 127 Å². The van der Waals surface area contributed by atoms with Crippen molar-refractivity contribution in [2.24, 2.45) is 0 Å². The lowest BCUT2D eigenvalue weighted by Gasteiger charge is -2.50. The van der Waals surface area contributed by atoms with E-state index < -0.39 is 38.5 Å². The van der Waals surface area contributed by atoms with Gasteiger partial charge in [-0.2, -0.15) is 0 Å². The molecule has 310 valence electrons. The van der Waals surface area contributed by atoms with E-state index in [4.69, 9.17) is 39.7 Å². The summed E-state index contributed by atoms with van der Waals surface area (Å²) in [6, 6.07) is 41.8. The predicted octanol–water partition coefficient (Wildman–Crippen LogP) is 11.6. The zero-order valence-electron chi connectivity index (χ0n) is 34.6. The highest BCUT2D eigenvalue weighted by atomic mass is 35.5. The summed E-state index contributed by atoms with van der Waals surface area (Å²) in [7, 11) is -2.23. The quantitative estimate of drug-likeness (QED) is 0.0782. The Hall–Kier alpha value is -3.19. The van der Waals surface area contributed by atoms with Gasteiger partial charge in [-0.3, -0.25) is 0 Å². The Morgan fingerprint density at radius 2 is 1.05 bits per heavy atom. The largest absolute Gasteiger partial charge is 0.412 e. The van der Waals surface area contributed by atoms with Crippen molar-refractivity contribution in [3.8, 4) is 0 Å². The van der Waals surface area contributed by atoms with E-state index in [1.54, 1.807) is 0 Å². The topological polar surface area (TPSA) is 75.6 Å². The molecule has 1 aliphatic heterocycles. The third-order valence-electron chi connectivity index (χ3n) is 11.2. The second-order valence-electron chi connectivity index (χ2n) is 16.1. The molecule has 1 aliphatic rings. The molecule has 1 saturated heterocycles. The van der Waals surface area contributed by atoms with Gasteiger partial charge in [-0.15, -0.1) is 11.3 Å². The molecule has 0 spiro atoms. The van der Waals surface area contributed by atoms with Crippen molar-refractivity contribution in [3.05, 3.63) is 164 Å². The molecule has 1 fully saturated rings. The van der Waals surface area contributed by atoms with Crippen LogP contribution in [0.2, 0.25) is 21.0 Å². The molecule has 0 radical (unpaired) electrons. The van der Waals surface area contributed by atoms with Gasteiger partial charge in [0, 0.05) is 5.56 Å². The van der Waals surface area contributed by atoms with Gasteiger partial charge < -0.3 is 33.2 Å². The molecule has 1 aromatic heterocycles. The first-order valence-electron chi connectivity index (χ1n) is 20.4. The lowest BCUT2D eigenvalue weighted by molar-refractivity contribution is -0.377. The molecule has 10 heteroatoms. The fourth-order valence-corrected chi connectivity index (χ4v) is 15.2. The molecular weight excluding hydrogens is 784 g/mol. The van der Waals surface area contributed by atoms with E-state index in [-0.39, 0.29) is 19.8 Å². The number of rotatable bonds is 20. The van der Waals surface area contributed by atoms with Crippen LogP contribution in [0.4, 0.5) is 0 Å². The van der Waals surface area contributed by atoms with Gasteiger partial charge in [0.2, 0.25) is 14.1 Å². The van der Waals surface area contributed by atoms with Gasteiger partial charge in [0.05, 0.1) is 48.9 Å². The Morgan fingerprint density at radius 1 is 0.621 bits per heavy atom. The minimum Gasteiger partial charge on any atom is -0.412 e. The molecule has 0 amide bonds. The Bertz CT molecular complexity index is 1920. The standard InChI is InChI=1S/C48H59ClO7SSi/c1-34(2)58(35(3)4,36(5)6)55-32-41-27-43(57-47(41)49)48(50)46(54-31-40-25-17-10-18-26-40)45(53-30-39-23-15-9-16-24-39)44(52-29-38-21-13-8-14-22-38)42(56-48)33-51-28-37-19-11-7-12-20-37/h7-27,34-36,42,44-46,50H,28-33H2,1-6H3/t42-,44-,45+,46-,48?/m1/s1. The van der Waals surface area contributed by atoms with Crippen LogP contribution in [0.25, 0.3) is 0 Å². The first kappa shape index (κ1) is 44.4. The minimum absolute atomic E-state index is 0.119. The molecule has 58 heavy (non-hydrogen) atoms. The fourth-order valence-electron chi connectivity index (χ4n) is 8.44. The van der Waals surface area contributed by atoms with Gasteiger partial charge in [0.15, 0.2) is 0 Å². The number of benzene rings is 4. The summed E-state index contributed by atoms with van der Waals surface area (Å²) < 4.78 is 41.4. The molecule has 7 nitrogen and oxygen atoms in total. The monoisotopic (exact) mass is 842 g/mol. The van der Waals surface area contributed by atoms with E-state index in [1.807, 2.05) is 127 Å². The van der Waals surface area contributed by atoms with E-state index in [0.717, 1.165) is 27.8 Å². The third-order valence-corrected chi connectivity index (χ3v) is 18.8. The first-order valence-corrected chi connectivity index (χ1v) is 23.8. The lowest BCUT2D eigenvalue weighted by atomic mass is 9.90. The van der Waals surface area contributed by atoms with Crippen LogP contribution in [-0.2, 0) is 66.9 Å². The number of hydrogen-bond acceptors (Lipinski definition) is 8. The molecule has 2 heterocycles. The summed E-state index contributed by atoms with van der Waals surface area (Å²) in [6.07, 6.45) is -3.31. The van der Waals surface area contributed by atoms with E-state index in [9.17, 15) is 5.11 Å². The lowest BCUT2D eigenvalue weighted by Crippen LogP contribution is -2.65. The van der Waals surface area contributed by atoms with Gasteiger partial charge in [0.1, 0.15) is 24.4 Å². The van der Waals surface area contributed by atoms with Gasteiger partial charge in [-0.05, 0) is 44.9 Å². The normalized spacial score (nSPS) is 21.3. The van der Waals surface area contributed by atoms with Crippen molar-refractivity contribution in [1.82, 2.24) is 0 Å². The Kier molecular flexibility index (Phi) is 16.0. The zero-order chi connectivity index (χ0) is 41.1. The Morgan fingerprint density at radius 3 is 1.52 bits per heavy atom. The zero-order valence-corrected chi connectivity index (χ0v) is 37.2. The second-order valence-corrected chi connectivity index (χ2v) is 23.2. The molecule has 5 aromatic rings. The number of hydrogen-bond donors (Lipinski definition) is 1. The maximum Gasteiger partial charge on any atom is 0.232 e. The van der Waals surface area contributed by atoms with Crippen molar-refractivity contribution in [3.63, 3.8) is 0 Å². The summed E-state index contributed by atoms with van der Waals surface area (Å²) in [6.45, 7) is 15.2. The van der Waals surface area contributed by atoms with Crippen LogP contribution in [0, 0.1) is 0 Å². The average Bonchev–Trinajstić information content (AvgIpc) is 3.61. The second kappa shape index (κ2) is 20.9. The maximum absolute atomic E-state index is 13.2. The van der Waals surface area contributed by atoms with Crippen LogP contribution >= 0.6 is 22.9 Å². The minimum atomic E-state index is -2.23. The Balaban J connectivity index is 1.40. The molecule has 1 N–H and O–H groups in total. The average molecular weight is 844 g/mol. The van der Waals surface area contributed by atoms with E-state index >= 15 is 0 Å². The first-order chi connectivity index (χ1) is 28.0. The highest BCUT2D eigenvalue weighted by Gasteiger charge is 2.58. The highest BCUT2D eigenvalue weighted by Crippen LogP contribution is 2.47. The molecular formula is C48H59ClO7SSi. The number of aliphatic hydroxyl groups is 1. The molecule has 0 bridgehead atoms. The predicted molar refractivity (Wildman–Crippen MR) is 235 cm³/mol. The molecule has 4 aromatic carbocycles. The molecule has 5 atom stereocenters. The van der Waals surface area contributed by atoms with Crippen molar-refractivity contribution in [2.75, 3.05) is 6.61 Å². The summed E-state index contributed by atoms with van der Waals surface area (Å²) in [5.74, 6) is -2.00. The van der Waals surface area contributed by atoms with Gasteiger partial charge >= 0.3 is 0 Å². The van der Waals surface area contributed by atoms with Crippen LogP contribution in [0.3, 0.4) is 0 Å². The smallest absolute Gasteiger partial charge is 0.232 e. The van der Waals surface area contributed by atoms with Gasteiger partial charge in [0.25, 0.3) is 0 Å². The number of halogens is 1. The molecule has 1 unspecified atom stereocenters. The van der Waals surface area contributed by atoms with Crippen LogP contribution in [-0.4, -0.2) is 44.4 Å². The van der Waals surface area contributed by atoms with E-state index in [2.05, 4.69) is 41.5 Å². The van der Waals surface area contributed by atoms with E-state index in [1.165, 1.54) is 11.3 Å². The van der Waals surface area contributed by atoms with E-state index in [0.29, 0.717) is 45.7 Å². The van der Waals surface area contributed by atoms with Gasteiger partial charge in [-0.25, -0.2) is 0 Å². The summed E-state index contributed by atoms with van der Waals surface area (Å²) >= 11 is 8.37. The summed E-state index contributed by atoms with van der Waals surface area (Å²) in [5, 5.41) is 13.2. The summed E-state index contributed by atoms with van der Waals surface area (Å²) in [5.41, 5.74) is 5.95. The highest BCUT2D eigenvalue weighted by molar-refractivity contribution is 7.16. The fraction of sp³-hybridized carbons (Fsp3) is 0.417. The SMILES string of the molecule is CC(C)[Si](OCc1cc(C2(O)O[C@H](COCc3ccccc3)[C@@H](OCc3ccccc3)[C@H](OCc3ccccc3)[C@H]2OCc2ccccc2)sc1Cl)(C(C)C)C(C)C. The Labute approximate surface area is 355 Å². The van der Waals surface area contributed by atoms with Crippen molar-refractivity contribution in [2.45, 2.75) is 121 Å². The van der Waals surface area contributed by atoms with Gasteiger partial charge in [-0.1, -0.05) is 174 Å². The maximum atomic E-state index is 13.2. The summed E-state index contributed by atoms with van der Waals surface area (Å²) in [4.78, 5) is 0.503. The van der Waals surface area contributed by atoms with Crippen LogP contribution < -0.4 is 0 Å². The van der Waals surface area contributed by atoms with Crippen LogP contribution in [0.1, 0.15) is 74.2 Å². The van der Waals surface area contributed by atoms with Crippen molar-refractivity contribution >= 4 is 31.3 Å². The van der Waals surface area contributed by atoms with Crippen molar-refractivity contribution < 1.29 is 33.2 Å². The number of thiophene rings is 1. The molecule has 6 rings (SSSR count). The number of ether oxygens (including phenoxy) is 5. The molecule has 0 aliphatic carbocycles.